The van der Waals surface area contributed by atoms with Gasteiger partial charge in [0.1, 0.15) is 25.5 Å². The van der Waals surface area contributed by atoms with Crippen molar-refractivity contribution in [1.29, 1.82) is 0 Å². The largest absolute Gasteiger partial charge is 0.456 e. The molecule has 2 fully saturated rings. The lowest BCUT2D eigenvalue weighted by Gasteiger charge is -2.46. The van der Waals surface area contributed by atoms with Gasteiger partial charge in [-0.1, -0.05) is 6.92 Å². The smallest absolute Gasteiger partial charge is 0.410 e. The van der Waals surface area contributed by atoms with Crippen molar-refractivity contribution in [2.75, 3.05) is 19.7 Å². The van der Waals surface area contributed by atoms with Gasteiger partial charge in [0.25, 0.3) is 11.4 Å². The van der Waals surface area contributed by atoms with Crippen molar-refractivity contribution in [3.8, 4) is 0 Å². The Morgan fingerprint density at radius 3 is 2.08 bits per heavy atom. The van der Waals surface area contributed by atoms with E-state index in [0.717, 1.165) is 0 Å². The van der Waals surface area contributed by atoms with Crippen molar-refractivity contribution in [3.05, 3.63) is 90.5 Å². The minimum absolute atomic E-state index is 0.000834. The summed E-state index contributed by atoms with van der Waals surface area (Å²) in [6.07, 6.45) is -1.35. The number of hydrogen-bond acceptors (Lipinski definition) is 13. The molecular formula is C32H35N5O12S. The normalized spacial score (nSPS) is 23.2. The van der Waals surface area contributed by atoms with Crippen LogP contribution in [0.4, 0.5) is 16.2 Å². The zero-order valence-electron chi connectivity index (χ0n) is 27.0. The molecular weight excluding hydrogens is 678 g/mol. The molecule has 17 nitrogen and oxygen atoms in total. The highest BCUT2D eigenvalue weighted by molar-refractivity contribution is 8.03. The second-order valence-corrected chi connectivity index (χ2v) is 13.5. The van der Waals surface area contributed by atoms with Gasteiger partial charge in [-0.05, 0) is 48.7 Å². The third-order valence-electron chi connectivity index (χ3n) is 8.91. The van der Waals surface area contributed by atoms with Crippen LogP contribution in [0.3, 0.4) is 0 Å². The van der Waals surface area contributed by atoms with Crippen LogP contribution in [0.5, 0.6) is 0 Å². The first-order chi connectivity index (χ1) is 23.8. The molecule has 0 saturated carbocycles. The molecule has 18 heteroatoms. The topological polar surface area (TPSA) is 232 Å². The van der Waals surface area contributed by atoms with Crippen LogP contribution in [0, 0.1) is 32.1 Å². The number of ether oxygens (including phenoxy) is 2. The molecule has 3 aliphatic rings. The summed E-state index contributed by atoms with van der Waals surface area (Å²) in [5, 5.41) is 43.8. The number of nitro benzene ring substituents is 2. The van der Waals surface area contributed by atoms with Gasteiger partial charge >= 0.3 is 12.1 Å². The summed E-state index contributed by atoms with van der Waals surface area (Å²) in [6.45, 7) is 2.33. The van der Waals surface area contributed by atoms with Gasteiger partial charge < -0.3 is 34.8 Å². The van der Waals surface area contributed by atoms with E-state index in [9.17, 15) is 49.6 Å². The average molecular weight is 714 g/mol. The Hall–Kier alpha value is -5.07. The number of aliphatic hydroxyl groups is 2. The second kappa shape index (κ2) is 15.2. The van der Waals surface area contributed by atoms with Gasteiger partial charge in [-0.25, -0.2) is 9.59 Å². The number of non-ortho nitro benzene ring substituents is 2. The molecule has 0 radical (unpaired) electrons. The van der Waals surface area contributed by atoms with E-state index in [1.165, 1.54) is 77.0 Å². The predicted octanol–water partition coefficient (Wildman–Crippen LogP) is 2.24. The Morgan fingerprint density at radius 2 is 1.56 bits per heavy atom. The molecule has 3 heterocycles. The highest BCUT2D eigenvalue weighted by atomic mass is 32.2. The molecule has 0 aliphatic carbocycles. The van der Waals surface area contributed by atoms with Crippen LogP contribution < -0.4 is 5.32 Å². The number of likely N-dealkylation sites (tertiary alicyclic amines) is 1. The van der Waals surface area contributed by atoms with Crippen molar-refractivity contribution in [2.45, 2.75) is 56.9 Å². The number of fused-ring (bicyclic) bond motifs is 1. The zero-order chi connectivity index (χ0) is 36.3. The van der Waals surface area contributed by atoms with Crippen molar-refractivity contribution < 1.29 is 48.7 Å². The number of esters is 1. The molecule has 3 N–H and O–H groups in total. The minimum atomic E-state index is -0.972. The molecule has 0 spiro atoms. The summed E-state index contributed by atoms with van der Waals surface area (Å²) in [4.78, 5) is 76.1. The molecule has 2 saturated heterocycles. The number of rotatable bonds is 13. The Bertz CT molecular complexity index is 1700. The van der Waals surface area contributed by atoms with Crippen LogP contribution in [-0.2, 0) is 37.1 Å². The monoisotopic (exact) mass is 713 g/mol. The summed E-state index contributed by atoms with van der Waals surface area (Å²) < 4.78 is 11.1. The molecule has 6 atom stereocenters. The van der Waals surface area contributed by atoms with E-state index in [1.807, 2.05) is 6.92 Å². The second-order valence-electron chi connectivity index (χ2n) is 12.2. The lowest BCUT2D eigenvalue weighted by atomic mass is 9.79. The van der Waals surface area contributed by atoms with Gasteiger partial charge in [-0.15, -0.1) is 11.8 Å². The number of nitrogens with zero attached hydrogens (tertiary/aromatic N) is 4. The van der Waals surface area contributed by atoms with E-state index in [-0.39, 0.29) is 54.5 Å². The number of amides is 3. The fourth-order valence-electron chi connectivity index (χ4n) is 6.39. The Kier molecular flexibility index (Phi) is 11.0. The van der Waals surface area contributed by atoms with Crippen molar-refractivity contribution in [1.82, 2.24) is 15.1 Å². The van der Waals surface area contributed by atoms with Gasteiger partial charge in [-0.3, -0.25) is 29.8 Å². The van der Waals surface area contributed by atoms with Gasteiger partial charge in [0, 0.05) is 53.4 Å². The predicted molar refractivity (Wildman–Crippen MR) is 175 cm³/mol. The number of nitro groups is 2. The molecule has 5 rings (SSSR count). The molecule has 3 amide bonds. The number of thioether (sulfide) groups is 1. The highest BCUT2D eigenvalue weighted by Gasteiger charge is 2.60. The van der Waals surface area contributed by atoms with Crippen LogP contribution in [0.1, 0.15) is 31.4 Å². The number of carbonyl (C=O) groups is 4. The quantitative estimate of drug-likeness (QED) is 0.117. The average Bonchev–Trinajstić information content (AvgIpc) is 3.61. The summed E-state index contributed by atoms with van der Waals surface area (Å²) >= 11 is 1.29. The third kappa shape index (κ3) is 7.56. The van der Waals surface area contributed by atoms with E-state index >= 15 is 0 Å². The van der Waals surface area contributed by atoms with Crippen molar-refractivity contribution in [3.63, 3.8) is 0 Å². The minimum Gasteiger partial charge on any atom is -0.456 e. The molecule has 0 bridgehead atoms. The first-order valence-corrected chi connectivity index (χ1v) is 16.5. The SMILES string of the molecule is C[C@@H](O)[C@H]1C(=O)N2C(C(=O)OCc3ccc([N+](=O)[O-])cc3)=C(S[C@H]3C[C@@H](CNC(=O)CO)N(C(=O)OCc4ccc([N+](=O)[O-])cc4)C3)[C@H](C)[C@H]12. The molecule has 2 aromatic rings. The van der Waals surface area contributed by atoms with E-state index in [1.54, 1.807) is 0 Å². The number of β-lactam (4-membered cyclic amide) rings is 1. The molecule has 0 aromatic heterocycles. The van der Waals surface area contributed by atoms with Crippen LogP contribution in [0.2, 0.25) is 0 Å². The van der Waals surface area contributed by atoms with E-state index in [0.29, 0.717) is 22.5 Å². The molecule has 266 valence electrons. The van der Waals surface area contributed by atoms with Gasteiger partial charge in [-0.2, -0.15) is 0 Å². The number of benzene rings is 2. The number of carbonyl (C=O) groups excluding carboxylic acids is 4. The summed E-state index contributed by atoms with van der Waals surface area (Å²) in [5.74, 6) is -2.98. The van der Waals surface area contributed by atoms with Crippen LogP contribution in [0.25, 0.3) is 0 Å². The van der Waals surface area contributed by atoms with E-state index in [4.69, 9.17) is 9.47 Å². The molecule has 2 aromatic carbocycles. The highest BCUT2D eigenvalue weighted by Crippen LogP contribution is 2.52. The molecule has 0 unspecified atom stereocenters. The van der Waals surface area contributed by atoms with Crippen LogP contribution in [0.15, 0.2) is 59.1 Å². The summed E-state index contributed by atoms with van der Waals surface area (Å²) in [6, 6.07) is 9.93. The number of aliphatic hydroxyl groups excluding tert-OH is 2. The standard InChI is InChI=1S/C32H35N5O12S/c1-17-27-26(18(2)39)30(41)35(27)28(31(42)48-15-19-3-7-21(8-4-19)36(44)45)29(17)50-24-11-23(12-33-25(40)14-38)34(13-24)32(43)49-16-20-5-9-22(10-6-20)37(46)47/h3-10,17-18,23-24,26-27,38-39H,11-16H2,1-2H3,(H,33,40)/t17-,18-,23+,24+,26-,27-/m1/s1. The van der Waals surface area contributed by atoms with Crippen molar-refractivity contribution in [2.24, 2.45) is 11.8 Å². The fourth-order valence-corrected chi connectivity index (χ4v) is 7.95. The van der Waals surface area contributed by atoms with Crippen LogP contribution >= 0.6 is 11.8 Å². The van der Waals surface area contributed by atoms with E-state index in [2.05, 4.69) is 5.32 Å². The summed E-state index contributed by atoms with van der Waals surface area (Å²) in [7, 11) is 0. The van der Waals surface area contributed by atoms with Crippen molar-refractivity contribution >= 4 is 47.0 Å². The maximum atomic E-state index is 13.6. The Labute approximate surface area is 289 Å². The zero-order valence-corrected chi connectivity index (χ0v) is 27.8. The number of nitrogens with one attached hydrogen (secondary N) is 1. The van der Waals surface area contributed by atoms with Gasteiger partial charge in [0.05, 0.1) is 34.0 Å². The first-order valence-electron chi connectivity index (χ1n) is 15.7. The fraction of sp³-hybridized carbons (Fsp3) is 0.438. The Morgan fingerprint density at radius 1 is 1.00 bits per heavy atom. The number of hydrogen-bond donors (Lipinski definition) is 3. The lowest BCUT2D eigenvalue weighted by Crippen LogP contribution is -2.63. The lowest BCUT2D eigenvalue weighted by molar-refractivity contribution is -0.385. The molecule has 3 aliphatic heterocycles. The third-order valence-corrected chi connectivity index (χ3v) is 10.4. The maximum absolute atomic E-state index is 13.6. The summed E-state index contributed by atoms with van der Waals surface area (Å²) in [5.41, 5.74) is 0.794. The van der Waals surface area contributed by atoms with E-state index < -0.39 is 64.4 Å². The van der Waals surface area contributed by atoms with Gasteiger partial charge in [0.2, 0.25) is 11.8 Å². The first kappa shape index (κ1) is 36.2. The Balaban J connectivity index is 1.34. The maximum Gasteiger partial charge on any atom is 0.410 e. The van der Waals surface area contributed by atoms with Crippen LogP contribution in [-0.4, -0.2) is 96.9 Å². The molecule has 50 heavy (non-hydrogen) atoms. The van der Waals surface area contributed by atoms with Gasteiger partial charge in [0.15, 0.2) is 0 Å².